The molecule has 0 fully saturated rings. The number of carbonyl (C=O) groups excluding carboxylic acids is 1. The fourth-order valence-corrected chi connectivity index (χ4v) is 7.33. The maximum absolute atomic E-state index is 13.5. The van der Waals surface area contributed by atoms with Gasteiger partial charge in [0, 0.05) is 44.5 Å². The number of hydrogen-bond acceptors (Lipinski definition) is 4. The number of carboxylic acids is 1. The van der Waals surface area contributed by atoms with Crippen molar-refractivity contribution in [3.8, 4) is 5.00 Å². The molecule has 7 rings (SSSR count). The van der Waals surface area contributed by atoms with E-state index in [9.17, 15) is 19.8 Å². The monoisotopic (exact) mass is 558 g/mol. The Morgan fingerprint density at radius 3 is 2.27 bits per heavy atom. The SMILES string of the molecule is CC[N+]1=C(C=C2C(=O)C(c3ccc(-n4c5ccccc5c5ccccc54)s3)=C2[O-])C(C)(C)c2cc(C(=O)O)ccc21. The molecule has 2 aromatic heterocycles. The third kappa shape index (κ3) is 3.52. The molecule has 1 N–H and O–H groups in total. The highest BCUT2D eigenvalue weighted by atomic mass is 32.1. The van der Waals surface area contributed by atoms with Crippen LogP contribution in [0.25, 0.3) is 32.4 Å². The summed E-state index contributed by atoms with van der Waals surface area (Å²) in [5.74, 6) is -1.50. The van der Waals surface area contributed by atoms with Gasteiger partial charge in [-0.15, -0.1) is 11.3 Å². The highest BCUT2D eigenvalue weighted by molar-refractivity contribution is 7.16. The number of para-hydroxylation sites is 2. The van der Waals surface area contributed by atoms with Crippen LogP contribution in [0.15, 0.2) is 96.3 Å². The van der Waals surface area contributed by atoms with Crippen LogP contribution in [0, 0.1) is 0 Å². The molecule has 0 unspecified atom stereocenters. The van der Waals surface area contributed by atoms with Crippen LogP contribution in [-0.4, -0.2) is 38.3 Å². The summed E-state index contributed by atoms with van der Waals surface area (Å²) in [7, 11) is 0. The summed E-state index contributed by atoms with van der Waals surface area (Å²) in [6.07, 6.45) is 1.71. The lowest BCUT2D eigenvalue weighted by atomic mass is 9.78. The first kappa shape index (κ1) is 25.2. The summed E-state index contributed by atoms with van der Waals surface area (Å²) in [6, 6.07) is 25.4. The van der Waals surface area contributed by atoms with E-state index in [4.69, 9.17) is 0 Å². The first-order valence-corrected chi connectivity index (χ1v) is 14.3. The molecule has 0 atom stereocenters. The fourth-order valence-electron chi connectivity index (χ4n) is 6.26. The van der Waals surface area contributed by atoms with E-state index in [-0.39, 0.29) is 28.3 Å². The predicted octanol–water partition coefficient (Wildman–Crippen LogP) is 6.22. The topological polar surface area (TPSA) is 85.4 Å². The predicted molar refractivity (Wildman–Crippen MR) is 161 cm³/mol. The van der Waals surface area contributed by atoms with E-state index in [2.05, 4.69) is 33.4 Å². The molecule has 41 heavy (non-hydrogen) atoms. The van der Waals surface area contributed by atoms with Crippen molar-refractivity contribution in [1.82, 2.24) is 4.57 Å². The Kier molecular flexibility index (Phi) is 5.46. The summed E-state index contributed by atoms with van der Waals surface area (Å²) >= 11 is 1.44. The van der Waals surface area contributed by atoms with E-state index in [1.807, 2.05) is 57.2 Å². The number of nitrogens with zero attached hydrogens (tertiary/aromatic N) is 2. The Bertz CT molecular complexity index is 2020. The van der Waals surface area contributed by atoms with Crippen molar-refractivity contribution in [1.29, 1.82) is 0 Å². The maximum Gasteiger partial charge on any atom is 0.335 e. The Labute approximate surface area is 240 Å². The number of aromatic carboxylic acids is 1. The van der Waals surface area contributed by atoms with Crippen molar-refractivity contribution >= 4 is 61.9 Å². The van der Waals surface area contributed by atoms with Crippen LogP contribution in [0.3, 0.4) is 0 Å². The Morgan fingerprint density at radius 1 is 1.00 bits per heavy atom. The summed E-state index contributed by atoms with van der Waals surface area (Å²) in [4.78, 5) is 25.7. The molecule has 3 aromatic carbocycles. The number of thiophene rings is 1. The number of fused-ring (bicyclic) bond motifs is 4. The van der Waals surface area contributed by atoms with Gasteiger partial charge in [0.15, 0.2) is 11.5 Å². The zero-order valence-corrected chi connectivity index (χ0v) is 23.6. The van der Waals surface area contributed by atoms with Gasteiger partial charge in [0.05, 0.1) is 22.0 Å². The lowest BCUT2D eigenvalue weighted by molar-refractivity contribution is -0.433. The summed E-state index contributed by atoms with van der Waals surface area (Å²) in [5.41, 5.74) is 4.74. The smallest absolute Gasteiger partial charge is 0.335 e. The first-order valence-electron chi connectivity index (χ1n) is 13.5. The molecule has 0 amide bonds. The zero-order valence-electron chi connectivity index (χ0n) is 22.8. The molecule has 0 spiro atoms. The van der Waals surface area contributed by atoms with Gasteiger partial charge in [0.25, 0.3) is 0 Å². The maximum atomic E-state index is 13.5. The Hall–Kier alpha value is -4.75. The van der Waals surface area contributed by atoms with Crippen molar-refractivity contribution < 1.29 is 24.4 Å². The summed E-state index contributed by atoms with van der Waals surface area (Å²) < 4.78 is 4.24. The van der Waals surface area contributed by atoms with Gasteiger partial charge >= 0.3 is 5.97 Å². The van der Waals surface area contributed by atoms with Gasteiger partial charge in [-0.25, -0.2) is 4.79 Å². The molecule has 0 saturated heterocycles. The van der Waals surface area contributed by atoms with Gasteiger partial charge in [0.2, 0.25) is 5.69 Å². The second kappa shape index (κ2) is 8.88. The quantitative estimate of drug-likeness (QED) is 0.205. The van der Waals surface area contributed by atoms with E-state index < -0.39 is 11.4 Å². The van der Waals surface area contributed by atoms with Crippen molar-refractivity contribution in [2.75, 3.05) is 6.54 Å². The van der Waals surface area contributed by atoms with Gasteiger partial charge < -0.3 is 14.8 Å². The molecule has 3 heterocycles. The van der Waals surface area contributed by atoms with E-state index in [1.165, 1.54) is 11.3 Å². The normalized spacial score (nSPS) is 17.1. The van der Waals surface area contributed by atoms with Crippen LogP contribution in [0.5, 0.6) is 0 Å². The molecule has 0 saturated carbocycles. The second-order valence-corrected chi connectivity index (χ2v) is 12.0. The average molecular weight is 559 g/mol. The molecule has 6 nitrogen and oxygen atoms in total. The summed E-state index contributed by atoms with van der Waals surface area (Å²) in [6.45, 7) is 6.61. The number of carbonyl (C=O) groups is 2. The first-order chi connectivity index (χ1) is 19.7. The zero-order chi connectivity index (χ0) is 28.6. The number of carboxylic acid groups (broad SMARTS) is 1. The van der Waals surface area contributed by atoms with Gasteiger partial charge in [-0.1, -0.05) is 42.2 Å². The molecule has 0 bridgehead atoms. The molecular formula is C34H26N2O4S. The highest BCUT2D eigenvalue weighted by Crippen LogP contribution is 2.44. The third-order valence-electron chi connectivity index (χ3n) is 8.32. The lowest BCUT2D eigenvalue weighted by Gasteiger charge is -2.30. The number of aromatic nitrogens is 1. The van der Waals surface area contributed by atoms with Crippen LogP contribution < -0.4 is 5.11 Å². The number of ketones is 1. The minimum absolute atomic E-state index is 0.166. The van der Waals surface area contributed by atoms with Gasteiger partial charge in [-0.2, -0.15) is 4.58 Å². The van der Waals surface area contributed by atoms with Crippen LogP contribution in [0.4, 0.5) is 5.69 Å². The fraction of sp³-hybridized carbons (Fsp3) is 0.147. The van der Waals surface area contributed by atoms with E-state index in [1.54, 1.807) is 24.3 Å². The van der Waals surface area contributed by atoms with Gasteiger partial charge in [0.1, 0.15) is 11.5 Å². The minimum Gasteiger partial charge on any atom is -0.871 e. The largest absolute Gasteiger partial charge is 0.871 e. The Morgan fingerprint density at radius 2 is 1.66 bits per heavy atom. The number of allylic oxidation sites excluding steroid dienone is 3. The van der Waals surface area contributed by atoms with Crippen LogP contribution in [-0.2, 0) is 10.2 Å². The number of rotatable bonds is 5. The minimum atomic E-state index is -0.988. The van der Waals surface area contributed by atoms with Crippen LogP contribution in [0.1, 0.15) is 41.6 Å². The number of hydrogen-bond donors (Lipinski definition) is 1. The van der Waals surface area contributed by atoms with Crippen molar-refractivity contribution in [3.63, 3.8) is 0 Å². The molecule has 1 aliphatic heterocycles. The average Bonchev–Trinajstić information content (AvgIpc) is 3.62. The molecular weight excluding hydrogens is 532 g/mol. The molecule has 7 heteroatoms. The Balaban J connectivity index is 1.29. The molecule has 0 radical (unpaired) electrons. The van der Waals surface area contributed by atoms with E-state index in [0.29, 0.717) is 11.4 Å². The highest BCUT2D eigenvalue weighted by Gasteiger charge is 2.45. The van der Waals surface area contributed by atoms with Crippen LogP contribution in [0.2, 0.25) is 0 Å². The van der Waals surface area contributed by atoms with E-state index >= 15 is 0 Å². The third-order valence-corrected chi connectivity index (χ3v) is 9.41. The molecule has 5 aromatic rings. The van der Waals surface area contributed by atoms with Crippen molar-refractivity contribution in [2.24, 2.45) is 0 Å². The lowest BCUT2D eigenvalue weighted by Crippen LogP contribution is -2.33. The van der Waals surface area contributed by atoms with E-state index in [0.717, 1.165) is 43.8 Å². The van der Waals surface area contributed by atoms with Crippen molar-refractivity contribution in [3.05, 3.63) is 112 Å². The van der Waals surface area contributed by atoms with Gasteiger partial charge in [-0.05, 0) is 57.2 Å². The number of Topliss-reactive ketones (excluding diaryl/α,β-unsaturated/α-hetero) is 1. The molecule has 1 aliphatic carbocycles. The molecule has 2 aliphatic rings. The summed E-state index contributed by atoms with van der Waals surface area (Å²) in [5, 5.41) is 26.2. The standard InChI is InChI=1S/C34H26N2O4S/c1-4-35-26-14-13-19(33(39)40)17-23(26)34(2,3)28(35)18-22-31(37)30(32(22)38)27-15-16-29(41-27)36-24-11-7-5-9-20(24)21-10-6-8-12-25(21)36/h5-18H,4H2,1-3H3,(H-,37,38,39,40). The van der Waals surface area contributed by atoms with Gasteiger partial charge in [-0.3, -0.25) is 4.79 Å². The van der Waals surface area contributed by atoms with Crippen molar-refractivity contribution in [2.45, 2.75) is 26.2 Å². The number of benzene rings is 3. The second-order valence-electron chi connectivity index (χ2n) is 10.9. The molecule has 202 valence electrons. The van der Waals surface area contributed by atoms with Crippen LogP contribution >= 0.6 is 11.3 Å².